The molecule has 0 aromatic heterocycles. The van der Waals surface area contributed by atoms with Crippen molar-refractivity contribution in [3.63, 3.8) is 0 Å². The predicted molar refractivity (Wildman–Crippen MR) is 48.4 cm³/mol. The second-order valence-electron chi connectivity index (χ2n) is 2.51. The molecular weight excluding hydrogens is 185 g/mol. The number of aliphatic imine (C=N–C) groups is 2. The largest absolute Gasteiger partial charge is 0.325 e. The first-order chi connectivity index (χ1) is 5.11. The maximum atomic E-state index is 5.78. The van der Waals surface area contributed by atoms with Gasteiger partial charge in [-0.05, 0) is 37.0 Å². The molecule has 0 bridgehead atoms. The molecule has 0 unspecified atom stereocenters. The summed E-state index contributed by atoms with van der Waals surface area (Å²) in [5.74, 6) is 0. The van der Waals surface area contributed by atoms with E-state index in [0.29, 0.717) is 18.0 Å². The molecule has 1 aliphatic heterocycles. The molecule has 0 atom stereocenters. The summed E-state index contributed by atoms with van der Waals surface area (Å²) in [6.07, 6.45) is 0. The van der Waals surface area contributed by atoms with Crippen molar-refractivity contribution in [2.45, 2.75) is 19.9 Å². The molecule has 0 saturated heterocycles. The molecule has 0 fully saturated rings. The zero-order chi connectivity index (χ0) is 8.43. The van der Waals surface area contributed by atoms with E-state index in [4.69, 9.17) is 23.2 Å². The fourth-order valence-corrected chi connectivity index (χ4v) is 1.25. The van der Waals surface area contributed by atoms with Crippen molar-refractivity contribution in [2.24, 2.45) is 9.98 Å². The lowest BCUT2D eigenvalue weighted by Gasteiger charge is -2.26. The van der Waals surface area contributed by atoms with Crippen molar-refractivity contribution < 1.29 is 0 Å². The topological polar surface area (TPSA) is 28.0 Å². The van der Waals surface area contributed by atoms with Crippen molar-refractivity contribution in [3.05, 3.63) is 0 Å². The van der Waals surface area contributed by atoms with Crippen LogP contribution >= 0.6 is 23.2 Å². The number of nitrogens with zero attached hydrogens (tertiary/aromatic N) is 3. The highest BCUT2D eigenvalue weighted by Gasteiger charge is 2.16. The van der Waals surface area contributed by atoms with Gasteiger partial charge in [0.1, 0.15) is 6.67 Å². The Labute approximate surface area is 75.7 Å². The Bertz CT molecular complexity index is 210. The fraction of sp³-hybridized carbons (Fsp3) is 0.667. The molecule has 1 aliphatic rings. The van der Waals surface area contributed by atoms with E-state index < -0.39 is 0 Å². The highest BCUT2D eigenvalue weighted by molar-refractivity contribution is 6.71. The van der Waals surface area contributed by atoms with Gasteiger partial charge in [0.25, 0.3) is 0 Å². The van der Waals surface area contributed by atoms with Gasteiger partial charge in [-0.1, -0.05) is 0 Å². The first kappa shape index (κ1) is 8.81. The Morgan fingerprint density at radius 2 is 2.09 bits per heavy atom. The van der Waals surface area contributed by atoms with E-state index in [9.17, 15) is 0 Å². The van der Waals surface area contributed by atoms with Crippen LogP contribution in [0.3, 0.4) is 0 Å². The molecule has 5 heteroatoms. The first-order valence-corrected chi connectivity index (χ1v) is 4.07. The van der Waals surface area contributed by atoms with Gasteiger partial charge in [-0.2, -0.15) is 4.99 Å². The molecule has 0 saturated carbocycles. The van der Waals surface area contributed by atoms with E-state index in [2.05, 4.69) is 9.98 Å². The van der Waals surface area contributed by atoms with Crippen molar-refractivity contribution in [2.75, 3.05) is 6.67 Å². The molecule has 11 heavy (non-hydrogen) atoms. The van der Waals surface area contributed by atoms with Gasteiger partial charge in [-0.15, -0.1) is 0 Å². The monoisotopic (exact) mass is 193 g/mol. The Hall–Kier alpha value is -0.280. The van der Waals surface area contributed by atoms with Crippen LogP contribution in [0.15, 0.2) is 9.98 Å². The summed E-state index contributed by atoms with van der Waals surface area (Å²) in [4.78, 5) is 9.58. The normalized spacial score (nSPS) is 18.5. The third kappa shape index (κ3) is 2.07. The van der Waals surface area contributed by atoms with Gasteiger partial charge >= 0.3 is 0 Å². The third-order valence-corrected chi connectivity index (χ3v) is 1.90. The minimum Gasteiger partial charge on any atom is -0.325 e. The average Bonchev–Trinajstić information content (AvgIpc) is 1.85. The van der Waals surface area contributed by atoms with Gasteiger partial charge in [-0.25, -0.2) is 4.99 Å². The van der Waals surface area contributed by atoms with Gasteiger partial charge in [0.2, 0.25) is 10.6 Å². The third-order valence-electron chi connectivity index (χ3n) is 1.40. The smallest absolute Gasteiger partial charge is 0.222 e. The SMILES string of the molecule is CC(C)N1CN=C(Cl)N=C1Cl. The summed E-state index contributed by atoms with van der Waals surface area (Å²) >= 11 is 11.3. The molecule has 0 aromatic rings. The molecule has 0 radical (unpaired) electrons. The van der Waals surface area contributed by atoms with Gasteiger partial charge in [-0.3, -0.25) is 0 Å². The molecule has 62 valence electrons. The predicted octanol–water partition coefficient (Wildman–Crippen LogP) is 1.86. The fourth-order valence-electron chi connectivity index (χ4n) is 0.745. The summed E-state index contributed by atoms with van der Waals surface area (Å²) in [5.41, 5.74) is 0. The molecule has 0 aromatic carbocycles. The minimum atomic E-state index is 0.229. The lowest BCUT2D eigenvalue weighted by molar-refractivity contribution is 0.363. The van der Waals surface area contributed by atoms with Crippen LogP contribution in [0.2, 0.25) is 0 Å². The van der Waals surface area contributed by atoms with Gasteiger partial charge < -0.3 is 4.90 Å². The zero-order valence-electron chi connectivity index (χ0n) is 6.38. The maximum Gasteiger partial charge on any atom is 0.222 e. The highest BCUT2D eigenvalue weighted by Crippen LogP contribution is 2.10. The molecule has 0 N–H and O–H groups in total. The van der Waals surface area contributed by atoms with Crippen LogP contribution in [0.4, 0.5) is 0 Å². The molecule has 0 spiro atoms. The summed E-state index contributed by atoms with van der Waals surface area (Å²) in [6.45, 7) is 4.54. The van der Waals surface area contributed by atoms with Crippen molar-refractivity contribution >= 4 is 33.8 Å². The highest BCUT2D eigenvalue weighted by atomic mass is 35.5. The number of rotatable bonds is 1. The summed E-state index contributed by atoms with van der Waals surface area (Å²) < 4.78 is 0. The second kappa shape index (κ2) is 3.41. The van der Waals surface area contributed by atoms with E-state index in [1.165, 1.54) is 0 Å². The quantitative estimate of drug-likeness (QED) is 0.585. The van der Waals surface area contributed by atoms with Crippen LogP contribution in [-0.4, -0.2) is 28.2 Å². The van der Waals surface area contributed by atoms with E-state index in [0.717, 1.165) is 0 Å². The van der Waals surface area contributed by atoms with Crippen molar-refractivity contribution in [1.82, 2.24) is 4.90 Å². The first-order valence-electron chi connectivity index (χ1n) is 3.32. The molecule has 1 heterocycles. The Kier molecular flexibility index (Phi) is 2.73. The molecule has 3 nitrogen and oxygen atoms in total. The van der Waals surface area contributed by atoms with Gasteiger partial charge in [0.15, 0.2) is 0 Å². The van der Waals surface area contributed by atoms with Crippen LogP contribution in [-0.2, 0) is 0 Å². The Balaban J connectivity index is 2.72. The van der Waals surface area contributed by atoms with Crippen LogP contribution in [0.1, 0.15) is 13.8 Å². The van der Waals surface area contributed by atoms with Crippen LogP contribution in [0.25, 0.3) is 0 Å². The minimum absolute atomic E-state index is 0.229. The summed E-state index contributed by atoms with van der Waals surface area (Å²) in [6, 6.07) is 0.305. The summed E-state index contributed by atoms with van der Waals surface area (Å²) in [7, 11) is 0. The van der Waals surface area contributed by atoms with Gasteiger partial charge in [0.05, 0.1) is 0 Å². The van der Waals surface area contributed by atoms with Crippen LogP contribution < -0.4 is 0 Å². The Morgan fingerprint density at radius 1 is 1.45 bits per heavy atom. The van der Waals surface area contributed by atoms with Crippen LogP contribution in [0.5, 0.6) is 0 Å². The maximum absolute atomic E-state index is 5.78. The van der Waals surface area contributed by atoms with E-state index >= 15 is 0 Å². The van der Waals surface area contributed by atoms with E-state index in [-0.39, 0.29) is 5.29 Å². The molecule has 0 aliphatic carbocycles. The molecular formula is C6H9Cl2N3. The number of amidine groups is 2. The average molecular weight is 194 g/mol. The number of hydrogen-bond acceptors (Lipinski definition) is 3. The van der Waals surface area contributed by atoms with E-state index in [1.807, 2.05) is 18.7 Å². The number of hydrogen-bond donors (Lipinski definition) is 0. The number of halogens is 2. The van der Waals surface area contributed by atoms with Crippen LogP contribution in [0, 0.1) is 0 Å². The second-order valence-corrected chi connectivity index (χ2v) is 3.19. The molecule has 1 rings (SSSR count). The van der Waals surface area contributed by atoms with Gasteiger partial charge in [0, 0.05) is 6.04 Å². The van der Waals surface area contributed by atoms with Crippen molar-refractivity contribution in [1.29, 1.82) is 0 Å². The lowest BCUT2D eigenvalue weighted by atomic mass is 10.4. The lowest BCUT2D eigenvalue weighted by Crippen LogP contribution is -2.36. The Morgan fingerprint density at radius 3 is 2.55 bits per heavy atom. The molecule has 0 amide bonds. The standard InChI is InChI=1S/C6H9Cl2N3/c1-4(2)11-3-9-5(7)10-6(11)8/h4H,3H2,1-2H3. The van der Waals surface area contributed by atoms with Crippen molar-refractivity contribution in [3.8, 4) is 0 Å². The van der Waals surface area contributed by atoms with E-state index in [1.54, 1.807) is 0 Å². The summed E-state index contributed by atoms with van der Waals surface area (Å²) in [5, 5.41) is 0.645. The zero-order valence-corrected chi connectivity index (χ0v) is 7.89.